The fourth-order valence-corrected chi connectivity index (χ4v) is 4.98. The molecule has 1 aromatic heterocycles. The van der Waals surface area contributed by atoms with E-state index in [1.165, 1.54) is 46.7 Å². The van der Waals surface area contributed by atoms with Gasteiger partial charge in [-0.3, -0.25) is 4.79 Å². The van der Waals surface area contributed by atoms with Crippen LogP contribution < -0.4 is 10.1 Å². The Balaban J connectivity index is 2.05. The molecule has 0 bridgehead atoms. The van der Waals surface area contributed by atoms with Gasteiger partial charge in [-0.2, -0.15) is 22.6 Å². The standard InChI is InChI=1S/C22H23F3N4O4S/c1-4-28(5-2)34(31,32)20-13-15(7-10-19(20)33-3)21(30)27-17-14-16(22(23,24)25)8-9-18(17)29-12-6-11-26-29/h6-14H,4-5H2,1-3H3,(H,27,30). The van der Waals surface area contributed by atoms with Gasteiger partial charge in [0.05, 0.1) is 24.0 Å². The Labute approximate surface area is 195 Å². The maximum absolute atomic E-state index is 13.3. The van der Waals surface area contributed by atoms with Gasteiger partial charge in [-0.25, -0.2) is 13.1 Å². The number of rotatable bonds is 8. The van der Waals surface area contributed by atoms with Crippen LogP contribution in [-0.2, 0) is 16.2 Å². The SMILES string of the molecule is CCN(CC)S(=O)(=O)c1cc(C(=O)Nc2cc(C(F)(F)F)ccc2-n2cccn2)ccc1OC. The zero-order chi connectivity index (χ0) is 25.1. The molecule has 0 radical (unpaired) electrons. The lowest BCUT2D eigenvalue weighted by Gasteiger charge is -2.20. The van der Waals surface area contributed by atoms with Gasteiger partial charge >= 0.3 is 6.18 Å². The van der Waals surface area contributed by atoms with Crippen LogP contribution in [0.25, 0.3) is 5.69 Å². The molecule has 0 unspecified atom stereocenters. The summed E-state index contributed by atoms with van der Waals surface area (Å²) in [4.78, 5) is 12.8. The smallest absolute Gasteiger partial charge is 0.416 e. The number of anilines is 1. The van der Waals surface area contributed by atoms with Crippen molar-refractivity contribution in [2.75, 3.05) is 25.5 Å². The highest BCUT2D eigenvalue weighted by molar-refractivity contribution is 7.89. The van der Waals surface area contributed by atoms with E-state index in [2.05, 4.69) is 10.4 Å². The fourth-order valence-electron chi connectivity index (χ4n) is 3.34. The number of carbonyl (C=O) groups is 1. The fraction of sp³-hybridized carbons (Fsp3) is 0.273. The van der Waals surface area contributed by atoms with E-state index in [-0.39, 0.29) is 40.7 Å². The lowest BCUT2D eigenvalue weighted by Crippen LogP contribution is -2.31. The second kappa shape index (κ2) is 9.85. The van der Waals surface area contributed by atoms with Crippen molar-refractivity contribution in [1.82, 2.24) is 14.1 Å². The molecule has 0 aliphatic heterocycles. The molecule has 3 aromatic rings. The van der Waals surface area contributed by atoms with Gasteiger partial charge in [-0.05, 0) is 42.5 Å². The minimum atomic E-state index is -4.63. The van der Waals surface area contributed by atoms with Gasteiger partial charge in [-0.15, -0.1) is 0 Å². The summed E-state index contributed by atoms with van der Waals surface area (Å²) in [6, 6.07) is 8.25. The Morgan fingerprint density at radius 2 is 1.85 bits per heavy atom. The maximum Gasteiger partial charge on any atom is 0.416 e. The number of alkyl halides is 3. The van der Waals surface area contributed by atoms with Crippen molar-refractivity contribution >= 4 is 21.6 Å². The maximum atomic E-state index is 13.3. The highest BCUT2D eigenvalue weighted by Crippen LogP contribution is 2.34. The van der Waals surface area contributed by atoms with Crippen molar-refractivity contribution in [3.63, 3.8) is 0 Å². The van der Waals surface area contributed by atoms with Crippen molar-refractivity contribution < 1.29 is 31.1 Å². The number of nitrogens with one attached hydrogen (secondary N) is 1. The molecule has 0 atom stereocenters. The molecule has 0 spiro atoms. The summed E-state index contributed by atoms with van der Waals surface area (Å²) in [7, 11) is -2.68. The number of hydrogen-bond donors (Lipinski definition) is 1. The van der Waals surface area contributed by atoms with Gasteiger partial charge in [0, 0.05) is 31.0 Å². The quantitative estimate of drug-likeness (QED) is 0.505. The average molecular weight is 497 g/mol. The largest absolute Gasteiger partial charge is 0.495 e. The second-order valence-corrected chi connectivity index (χ2v) is 9.00. The molecule has 0 fully saturated rings. The molecule has 0 aliphatic rings. The Bertz CT molecular complexity index is 1270. The van der Waals surface area contributed by atoms with E-state index in [1.54, 1.807) is 19.9 Å². The number of sulfonamides is 1. The average Bonchev–Trinajstić information content (AvgIpc) is 3.33. The summed E-state index contributed by atoms with van der Waals surface area (Å²) in [6.45, 7) is 3.76. The van der Waals surface area contributed by atoms with Crippen LogP contribution in [0.2, 0.25) is 0 Å². The third-order valence-electron chi connectivity index (χ3n) is 5.07. The first kappa shape index (κ1) is 25.2. The van der Waals surface area contributed by atoms with E-state index >= 15 is 0 Å². The molecule has 0 aliphatic carbocycles. The molecule has 12 heteroatoms. The zero-order valence-electron chi connectivity index (χ0n) is 18.6. The van der Waals surface area contributed by atoms with Gasteiger partial charge in [0.1, 0.15) is 10.6 Å². The van der Waals surface area contributed by atoms with E-state index in [4.69, 9.17) is 4.74 Å². The van der Waals surface area contributed by atoms with Gasteiger partial charge < -0.3 is 10.1 Å². The third kappa shape index (κ3) is 5.07. The Morgan fingerprint density at radius 3 is 2.41 bits per heavy atom. The molecule has 1 amide bonds. The molecule has 34 heavy (non-hydrogen) atoms. The first-order chi connectivity index (χ1) is 16.0. The molecule has 182 valence electrons. The first-order valence-electron chi connectivity index (χ1n) is 10.2. The molecule has 1 N–H and O–H groups in total. The van der Waals surface area contributed by atoms with Crippen LogP contribution in [0.1, 0.15) is 29.8 Å². The normalized spacial score (nSPS) is 12.1. The molecular weight excluding hydrogens is 473 g/mol. The zero-order valence-corrected chi connectivity index (χ0v) is 19.4. The van der Waals surface area contributed by atoms with Crippen LogP contribution in [0.4, 0.5) is 18.9 Å². The van der Waals surface area contributed by atoms with Crippen molar-refractivity contribution in [1.29, 1.82) is 0 Å². The highest BCUT2D eigenvalue weighted by Gasteiger charge is 2.32. The molecule has 2 aromatic carbocycles. The monoisotopic (exact) mass is 496 g/mol. The number of halogens is 3. The van der Waals surface area contributed by atoms with Crippen LogP contribution in [0, 0.1) is 0 Å². The number of hydrogen-bond acceptors (Lipinski definition) is 5. The summed E-state index contributed by atoms with van der Waals surface area (Å²) < 4.78 is 73.7. The number of methoxy groups -OCH3 is 1. The number of benzene rings is 2. The van der Waals surface area contributed by atoms with E-state index in [0.717, 1.165) is 18.2 Å². The van der Waals surface area contributed by atoms with E-state index in [0.29, 0.717) is 0 Å². The van der Waals surface area contributed by atoms with E-state index < -0.39 is 27.7 Å². The van der Waals surface area contributed by atoms with Gasteiger partial charge in [0.2, 0.25) is 10.0 Å². The number of nitrogens with zero attached hydrogens (tertiary/aromatic N) is 3. The molecule has 3 rings (SSSR count). The number of aromatic nitrogens is 2. The molecular formula is C22H23F3N4O4S. The van der Waals surface area contributed by atoms with Crippen LogP contribution >= 0.6 is 0 Å². The summed E-state index contributed by atoms with van der Waals surface area (Å²) in [6.07, 6.45) is -1.68. The lowest BCUT2D eigenvalue weighted by molar-refractivity contribution is -0.137. The number of ether oxygens (including phenoxy) is 1. The first-order valence-corrected chi connectivity index (χ1v) is 11.7. The van der Waals surface area contributed by atoms with Crippen molar-refractivity contribution in [3.8, 4) is 11.4 Å². The summed E-state index contributed by atoms with van der Waals surface area (Å²) in [5.74, 6) is -0.758. The van der Waals surface area contributed by atoms with Crippen LogP contribution in [-0.4, -0.2) is 48.6 Å². The number of carbonyl (C=O) groups excluding carboxylic acids is 1. The third-order valence-corrected chi connectivity index (χ3v) is 7.14. The predicted molar refractivity (Wildman–Crippen MR) is 120 cm³/mol. The predicted octanol–water partition coefficient (Wildman–Crippen LogP) is 4.18. The van der Waals surface area contributed by atoms with Gasteiger partial charge in [-0.1, -0.05) is 13.8 Å². The second-order valence-electron chi connectivity index (χ2n) is 7.09. The number of amides is 1. The van der Waals surface area contributed by atoms with Gasteiger partial charge in [0.15, 0.2) is 0 Å². The van der Waals surface area contributed by atoms with Crippen molar-refractivity contribution in [2.45, 2.75) is 24.9 Å². The van der Waals surface area contributed by atoms with E-state index in [1.807, 2.05) is 0 Å². The topological polar surface area (TPSA) is 93.5 Å². The Morgan fingerprint density at radius 1 is 1.15 bits per heavy atom. The Kier molecular flexibility index (Phi) is 7.32. The summed E-state index contributed by atoms with van der Waals surface area (Å²) in [5, 5.41) is 6.46. The van der Waals surface area contributed by atoms with Crippen LogP contribution in [0.15, 0.2) is 59.8 Å². The molecule has 1 heterocycles. The highest BCUT2D eigenvalue weighted by atomic mass is 32.2. The summed E-state index contributed by atoms with van der Waals surface area (Å²) >= 11 is 0. The minimum Gasteiger partial charge on any atom is -0.495 e. The Hall–Kier alpha value is -3.38. The van der Waals surface area contributed by atoms with Crippen LogP contribution in [0.5, 0.6) is 5.75 Å². The summed E-state index contributed by atoms with van der Waals surface area (Å²) in [5.41, 5.74) is -0.975. The lowest BCUT2D eigenvalue weighted by atomic mass is 10.1. The minimum absolute atomic E-state index is 0.0414. The van der Waals surface area contributed by atoms with Gasteiger partial charge in [0.25, 0.3) is 5.91 Å². The van der Waals surface area contributed by atoms with Crippen molar-refractivity contribution in [2.24, 2.45) is 0 Å². The van der Waals surface area contributed by atoms with Crippen LogP contribution in [0.3, 0.4) is 0 Å². The van der Waals surface area contributed by atoms with Crippen molar-refractivity contribution in [3.05, 3.63) is 66.0 Å². The molecule has 0 saturated heterocycles. The van der Waals surface area contributed by atoms with E-state index in [9.17, 15) is 26.4 Å². The molecule has 8 nitrogen and oxygen atoms in total. The molecule has 0 saturated carbocycles.